The Kier molecular flexibility index (Phi) is 7.06. The standard InChI is InChI=1S/C12H25NO/c13-14-11-10-12-8-6-4-2-1-3-5-7-9-12/h12H,1-11,13H2. The second-order valence-corrected chi connectivity index (χ2v) is 4.58. The van der Waals surface area contributed by atoms with E-state index in [9.17, 15) is 0 Å². The molecule has 0 amide bonds. The summed E-state index contributed by atoms with van der Waals surface area (Å²) in [6.07, 6.45) is 14.0. The minimum atomic E-state index is 0.741. The Labute approximate surface area is 88.2 Å². The smallest absolute Gasteiger partial charge is 0.0681 e. The summed E-state index contributed by atoms with van der Waals surface area (Å²) in [5.74, 6) is 5.94. The van der Waals surface area contributed by atoms with Crippen LogP contribution in [0.2, 0.25) is 0 Å². The Morgan fingerprint density at radius 1 is 0.857 bits per heavy atom. The average molecular weight is 199 g/mol. The zero-order valence-corrected chi connectivity index (χ0v) is 9.34. The summed E-state index contributed by atoms with van der Waals surface area (Å²) >= 11 is 0. The molecule has 0 heterocycles. The van der Waals surface area contributed by atoms with Crippen LogP contribution in [0.4, 0.5) is 0 Å². The molecule has 0 spiro atoms. The number of hydrogen-bond donors (Lipinski definition) is 1. The van der Waals surface area contributed by atoms with E-state index in [-0.39, 0.29) is 0 Å². The van der Waals surface area contributed by atoms with E-state index in [1.54, 1.807) is 0 Å². The molecule has 2 nitrogen and oxygen atoms in total. The van der Waals surface area contributed by atoms with Crippen LogP contribution in [0, 0.1) is 5.92 Å². The first-order chi connectivity index (χ1) is 6.93. The van der Waals surface area contributed by atoms with Crippen LogP contribution < -0.4 is 5.90 Å². The molecule has 1 rings (SSSR count). The minimum Gasteiger partial charge on any atom is -0.305 e. The molecule has 0 saturated heterocycles. The summed E-state index contributed by atoms with van der Waals surface area (Å²) in [6.45, 7) is 0.741. The number of hydrogen-bond acceptors (Lipinski definition) is 2. The highest BCUT2D eigenvalue weighted by molar-refractivity contribution is 4.62. The third-order valence-electron chi connectivity index (χ3n) is 3.37. The molecule has 0 aromatic carbocycles. The highest BCUT2D eigenvalue weighted by Crippen LogP contribution is 2.23. The van der Waals surface area contributed by atoms with E-state index in [2.05, 4.69) is 4.84 Å². The zero-order valence-electron chi connectivity index (χ0n) is 9.34. The van der Waals surface area contributed by atoms with Gasteiger partial charge in [-0.15, -0.1) is 0 Å². The molecule has 2 heteroatoms. The molecule has 1 aliphatic carbocycles. The minimum absolute atomic E-state index is 0.741. The highest BCUT2D eigenvalue weighted by atomic mass is 16.6. The van der Waals surface area contributed by atoms with Gasteiger partial charge in [-0.05, 0) is 12.3 Å². The van der Waals surface area contributed by atoms with E-state index in [1.165, 1.54) is 57.8 Å². The van der Waals surface area contributed by atoms with Crippen molar-refractivity contribution >= 4 is 0 Å². The largest absolute Gasteiger partial charge is 0.305 e. The third-order valence-corrected chi connectivity index (χ3v) is 3.37. The molecule has 14 heavy (non-hydrogen) atoms. The molecule has 1 saturated carbocycles. The van der Waals surface area contributed by atoms with Gasteiger partial charge in [0.1, 0.15) is 0 Å². The van der Waals surface area contributed by atoms with Gasteiger partial charge in [0, 0.05) is 0 Å². The maximum absolute atomic E-state index is 5.07. The van der Waals surface area contributed by atoms with Crippen LogP contribution in [-0.2, 0) is 4.84 Å². The predicted molar refractivity (Wildman–Crippen MR) is 59.8 cm³/mol. The van der Waals surface area contributed by atoms with E-state index in [1.807, 2.05) is 0 Å². The lowest BCUT2D eigenvalue weighted by Gasteiger charge is -2.17. The Morgan fingerprint density at radius 3 is 1.86 bits per heavy atom. The molecule has 0 aliphatic heterocycles. The second kappa shape index (κ2) is 8.25. The highest BCUT2D eigenvalue weighted by Gasteiger charge is 2.09. The van der Waals surface area contributed by atoms with E-state index < -0.39 is 0 Å². The lowest BCUT2D eigenvalue weighted by atomic mass is 9.90. The Balaban J connectivity index is 2.16. The molecular weight excluding hydrogens is 174 g/mol. The van der Waals surface area contributed by atoms with Crippen LogP contribution in [0.25, 0.3) is 0 Å². The van der Waals surface area contributed by atoms with Crippen molar-refractivity contribution in [1.29, 1.82) is 0 Å². The average Bonchev–Trinajstić information content (AvgIpc) is 2.23. The van der Waals surface area contributed by atoms with Gasteiger partial charge < -0.3 is 4.84 Å². The van der Waals surface area contributed by atoms with E-state index >= 15 is 0 Å². The summed E-state index contributed by atoms with van der Waals surface area (Å²) in [5.41, 5.74) is 0. The molecule has 1 fully saturated rings. The van der Waals surface area contributed by atoms with Crippen LogP contribution in [0.3, 0.4) is 0 Å². The van der Waals surface area contributed by atoms with Gasteiger partial charge in [-0.1, -0.05) is 57.8 Å². The Hall–Kier alpha value is -0.0800. The van der Waals surface area contributed by atoms with Gasteiger partial charge in [0.2, 0.25) is 0 Å². The topological polar surface area (TPSA) is 35.2 Å². The first-order valence-electron chi connectivity index (χ1n) is 6.25. The third kappa shape index (κ3) is 5.61. The molecule has 0 bridgehead atoms. The van der Waals surface area contributed by atoms with Crippen molar-refractivity contribution in [3.63, 3.8) is 0 Å². The predicted octanol–water partition coefficient (Wildman–Crippen LogP) is 3.41. The number of nitrogens with two attached hydrogens (primary N) is 1. The zero-order chi connectivity index (χ0) is 10.1. The molecule has 0 aromatic rings. The van der Waals surface area contributed by atoms with E-state index in [0.29, 0.717) is 0 Å². The van der Waals surface area contributed by atoms with Gasteiger partial charge in [-0.25, -0.2) is 5.90 Å². The van der Waals surface area contributed by atoms with Crippen LogP contribution in [0.1, 0.15) is 64.2 Å². The van der Waals surface area contributed by atoms with Gasteiger partial charge in [0.25, 0.3) is 0 Å². The molecule has 0 radical (unpaired) electrons. The van der Waals surface area contributed by atoms with E-state index in [0.717, 1.165) is 18.9 Å². The first kappa shape index (κ1) is 12.0. The molecule has 0 atom stereocenters. The normalized spacial score (nSPS) is 22.1. The van der Waals surface area contributed by atoms with Crippen molar-refractivity contribution in [2.24, 2.45) is 11.8 Å². The molecular formula is C12H25NO. The quantitative estimate of drug-likeness (QED) is 0.707. The van der Waals surface area contributed by atoms with Crippen molar-refractivity contribution in [3.8, 4) is 0 Å². The summed E-state index contributed by atoms with van der Waals surface area (Å²) < 4.78 is 0. The number of rotatable bonds is 3. The summed E-state index contributed by atoms with van der Waals surface area (Å²) in [5, 5.41) is 0. The van der Waals surface area contributed by atoms with Crippen molar-refractivity contribution in [2.75, 3.05) is 6.61 Å². The van der Waals surface area contributed by atoms with Crippen molar-refractivity contribution < 1.29 is 4.84 Å². The van der Waals surface area contributed by atoms with Crippen LogP contribution >= 0.6 is 0 Å². The molecule has 0 aromatic heterocycles. The van der Waals surface area contributed by atoms with Gasteiger partial charge in [0.05, 0.1) is 6.61 Å². The van der Waals surface area contributed by atoms with Crippen molar-refractivity contribution in [3.05, 3.63) is 0 Å². The fraction of sp³-hybridized carbons (Fsp3) is 1.00. The van der Waals surface area contributed by atoms with Gasteiger partial charge in [0.15, 0.2) is 0 Å². The summed E-state index contributed by atoms with van der Waals surface area (Å²) in [4.78, 5) is 4.67. The first-order valence-corrected chi connectivity index (χ1v) is 6.25. The van der Waals surface area contributed by atoms with Gasteiger partial charge in [-0.2, -0.15) is 0 Å². The van der Waals surface area contributed by atoms with Crippen molar-refractivity contribution in [2.45, 2.75) is 64.2 Å². The molecule has 2 N–H and O–H groups in total. The van der Waals surface area contributed by atoms with Gasteiger partial charge >= 0.3 is 0 Å². The van der Waals surface area contributed by atoms with Crippen LogP contribution in [0.5, 0.6) is 0 Å². The summed E-state index contributed by atoms with van der Waals surface area (Å²) in [6, 6.07) is 0. The molecule has 1 aliphatic rings. The SMILES string of the molecule is NOCCC1CCCCCCCCC1. The fourth-order valence-electron chi connectivity index (χ4n) is 2.42. The lowest BCUT2D eigenvalue weighted by molar-refractivity contribution is 0.119. The van der Waals surface area contributed by atoms with Crippen LogP contribution in [-0.4, -0.2) is 6.61 Å². The maximum Gasteiger partial charge on any atom is 0.0681 e. The van der Waals surface area contributed by atoms with Crippen molar-refractivity contribution in [1.82, 2.24) is 0 Å². The molecule has 0 unspecified atom stereocenters. The monoisotopic (exact) mass is 199 g/mol. The Bertz CT molecular complexity index is 117. The Morgan fingerprint density at radius 2 is 1.36 bits per heavy atom. The van der Waals surface area contributed by atoms with Crippen LogP contribution in [0.15, 0.2) is 0 Å². The fourth-order valence-corrected chi connectivity index (χ4v) is 2.42. The maximum atomic E-state index is 5.07. The molecule has 84 valence electrons. The van der Waals surface area contributed by atoms with Gasteiger partial charge in [-0.3, -0.25) is 0 Å². The lowest BCUT2D eigenvalue weighted by Crippen LogP contribution is -2.09. The van der Waals surface area contributed by atoms with E-state index in [4.69, 9.17) is 5.90 Å². The summed E-state index contributed by atoms with van der Waals surface area (Å²) in [7, 11) is 0. The second-order valence-electron chi connectivity index (χ2n) is 4.58.